The van der Waals surface area contributed by atoms with E-state index in [0.717, 1.165) is 11.7 Å². The Morgan fingerprint density at radius 3 is 2.94 bits per heavy atom. The average molecular weight is 241 g/mol. The number of amides is 1. The second-order valence-corrected chi connectivity index (χ2v) is 3.52. The van der Waals surface area contributed by atoms with Crippen LogP contribution in [0.25, 0.3) is 0 Å². The first kappa shape index (κ1) is 12.3. The lowest BCUT2D eigenvalue weighted by Gasteiger charge is -2.10. The molecule has 1 atom stereocenters. The number of carboxylic acids is 1. The average Bonchev–Trinajstić information content (AvgIpc) is 2.76. The Hall–Kier alpha value is -1.76. The standard InChI is InChI=1S/C9H11N3O3S/c1-2-3-4-6(9(14)15)11-8(13)7-5-10-16-12-7/h2-3,5-6H,4H2,1H3,(H,11,13)(H,14,15)/b3-2+. The molecule has 0 bridgehead atoms. The largest absolute Gasteiger partial charge is 0.480 e. The number of carbonyl (C=O) groups is 2. The van der Waals surface area contributed by atoms with E-state index in [1.807, 2.05) is 0 Å². The maximum atomic E-state index is 11.5. The molecule has 1 aromatic heterocycles. The number of aromatic nitrogens is 2. The summed E-state index contributed by atoms with van der Waals surface area (Å²) in [5.41, 5.74) is 0.136. The highest BCUT2D eigenvalue weighted by atomic mass is 32.1. The minimum Gasteiger partial charge on any atom is -0.480 e. The summed E-state index contributed by atoms with van der Waals surface area (Å²) in [7, 11) is 0. The molecule has 1 heterocycles. The lowest BCUT2D eigenvalue weighted by Crippen LogP contribution is -2.40. The van der Waals surface area contributed by atoms with Crippen LogP contribution in [0.3, 0.4) is 0 Å². The summed E-state index contributed by atoms with van der Waals surface area (Å²) >= 11 is 0.899. The zero-order valence-electron chi connectivity index (χ0n) is 8.58. The monoisotopic (exact) mass is 241 g/mol. The Kier molecular flexibility index (Phi) is 4.59. The molecule has 0 saturated carbocycles. The van der Waals surface area contributed by atoms with E-state index in [2.05, 4.69) is 14.1 Å². The Morgan fingerprint density at radius 2 is 2.44 bits per heavy atom. The number of nitrogens with zero attached hydrogens (tertiary/aromatic N) is 2. The van der Waals surface area contributed by atoms with Gasteiger partial charge in [0.1, 0.15) is 6.04 Å². The van der Waals surface area contributed by atoms with Gasteiger partial charge < -0.3 is 10.4 Å². The Morgan fingerprint density at radius 1 is 1.69 bits per heavy atom. The first-order valence-electron chi connectivity index (χ1n) is 4.57. The molecule has 0 fully saturated rings. The zero-order valence-corrected chi connectivity index (χ0v) is 9.40. The molecule has 7 heteroatoms. The van der Waals surface area contributed by atoms with Crippen LogP contribution in [0.2, 0.25) is 0 Å². The molecule has 16 heavy (non-hydrogen) atoms. The van der Waals surface area contributed by atoms with Gasteiger partial charge in [0.2, 0.25) is 0 Å². The molecule has 0 aromatic carbocycles. The molecule has 6 nitrogen and oxygen atoms in total. The van der Waals surface area contributed by atoms with Gasteiger partial charge in [-0.15, -0.1) is 0 Å². The van der Waals surface area contributed by atoms with Crippen molar-refractivity contribution in [1.82, 2.24) is 14.1 Å². The van der Waals surface area contributed by atoms with Crippen LogP contribution in [-0.4, -0.2) is 31.8 Å². The molecule has 0 radical (unpaired) electrons. The van der Waals surface area contributed by atoms with E-state index >= 15 is 0 Å². The summed E-state index contributed by atoms with van der Waals surface area (Å²) in [6, 6.07) is -0.939. The third-order valence-electron chi connectivity index (χ3n) is 1.80. The van der Waals surface area contributed by atoms with E-state index in [1.54, 1.807) is 19.1 Å². The topological polar surface area (TPSA) is 92.2 Å². The van der Waals surface area contributed by atoms with Gasteiger partial charge in [0, 0.05) is 0 Å². The van der Waals surface area contributed by atoms with Crippen molar-refractivity contribution in [1.29, 1.82) is 0 Å². The van der Waals surface area contributed by atoms with Crippen LogP contribution < -0.4 is 5.32 Å². The third-order valence-corrected chi connectivity index (χ3v) is 2.28. The van der Waals surface area contributed by atoms with E-state index in [-0.39, 0.29) is 12.1 Å². The second kappa shape index (κ2) is 5.96. The predicted octanol–water partition coefficient (Wildman–Crippen LogP) is 0.687. The van der Waals surface area contributed by atoms with E-state index in [0.29, 0.717) is 0 Å². The summed E-state index contributed by atoms with van der Waals surface area (Å²) < 4.78 is 7.38. The number of aliphatic carboxylic acids is 1. The van der Waals surface area contributed by atoms with Crippen molar-refractivity contribution in [3.8, 4) is 0 Å². The van der Waals surface area contributed by atoms with Crippen LogP contribution in [0.1, 0.15) is 23.8 Å². The van der Waals surface area contributed by atoms with Crippen LogP contribution in [0.4, 0.5) is 0 Å². The van der Waals surface area contributed by atoms with Crippen molar-refractivity contribution >= 4 is 23.6 Å². The number of allylic oxidation sites excluding steroid dienone is 1. The number of carbonyl (C=O) groups excluding carboxylic acids is 1. The number of nitrogens with one attached hydrogen (secondary N) is 1. The Bertz CT molecular complexity index is 389. The minimum atomic E-state index is -1.07. The molecular weight excluding hydrogens is 230 g/mol. The van der Waals surface area contributed by atoms with Crippen LogP contribution in [-0.2, 0) is 4.79 Å². The van der Waals surface area contributed by atoms with E-state index in [4.69, 9.17) is 5.11 Å². The second-order valence-electron chi connectivity index (χ2n) is 2.96. The highest BCUT2D eigenvalue weighted by molar-refractivity contribution is 6.99. The van der Waals surface area contributed by atoms with Gasteiger partial charge in [0.05, 0.1) is 17.9 Å². The van der Waals surface area contributed by atoms with Crippen molar-refractivity contribution < 1.29 is 14.7 Å². The summed E-state index contributed by atoms with van der Waals surface area (Å²) in [6.45, 7) is 1.78. The first-order chi connectivity index (χ1) is 7.65. The SMILES string of the molecule is C/C=C/CC(NC(=O)c1cnsn1)C(=O)O. The fourth-order valence-corrected chi connectivity index (χ4v) is 1.40. The lowest BCUT2D eigenvalue weighted by molar-refractivity contribution is -0.139. The molecular formula is C9H11N3O3S. The fraction of sp³-hybridized carbons (Fsp3) is 0.333. The van der Waals surface area contributed by atoms with Gasteiger partial charge >= 0.3 is 5.97 Å². The van der Waals surface area contributed by atoms with E-state index in [9.17, 15) is 9.59 Å². The van der Waals surface area contributed by atoms with Crippen LogP contribution in [0.5, 0.6) is 0 Å². The van der Waals surface area contributed by atoms with Gasteiger partial charge in [-0.25, -0.2) is 4.79 Å². The lowest BCUT2D eigenvalue weighted by atomic mass is 10.2. The maximum absolute atomic E-state index is 11.5. The third kappa shape index (κ3) is 3.43. The van der Waals surface area contributed by atoms with Crippen molar-refractivity contribution in [3.05, 3.63) is 24.0 Å². The van der Waals surface area contributed by atoms with E-state index in [1.165, 1.54) is 6.20 Å². The molecule has 0 aliphatic heterocycles. The van der Waals surface area contributed by atoms with Gasteiger partial charge in [0.15, 0.2) is 5.69 Å². The smallest absolute Gasteiger partial charge is 0.326 e. The predicted molar refractivity (Wildman–Crippen MR) is 58.2 cm³/mol. The van der Waals surface area contributed by atoms with Gasteiger partial charge in [-0.3, -0.25) is 4.79 Å². The van der Waals surface area contributed by atoms with Gasteiger partial charge in [-0.05, 0) is 13.3 Å². The molecule has 0 spiro atoms. The molecule has 1 amide bonds. The zero-order chi connectivity index (χ0) is 12.0. The summed E-state index contributed by atoms with van der Waals surface area (Å²) in [5, 5.41) is 11.2. The molecule has 1 aromatic rings. The quantitative estimate of drug-likeness (QED) is 0.740. The maximum Gasteiger partial charge on any atom is 0.326 e. The number of hydrogen-bond donors (Lipinski definition) is 2. The van der Waals surface area contributed by atoms with Crippen LogP contribution >= 0.6 is 11.7 Å². The Labute approximate surface area is 96.3 Å². The van der Waals surface area contributed by atoms with Crippen molar-refractivity contribution in [2.24, 2.45) is 0 Å². The number of hydrogen-bond acceptors (Lipinski definition) is 5. The fourth-order valence-electron chi connectivity index (χ4n) is 0.991. The minimum absolute atomic E-state index is 0.136. The van der Waals surface area contributed by atoms with Crippen molar-refractivity contribution in [3.63, 3.8) is 0 Å². The van der Waals surface area contributed by atoms with Crippen LogP contribution in [0, 0.1) is 0 Å². The first-order valence-corrected chi connectivity index (χ1v) is 5.30. The highest BCUT2D eigenvalue weighted by Crippen LogP contribution is 1.99. The number of rotatable bonds is 5. The molecule has 1 unspecified atom stereocenters. The molecule has 2 N–H and O–H groups in total. The highest BCUT2D eigenvalue weighted by Gasteiger charge is 2.20. The number of carboxylic acid groups (broad SMARTS) is 1. The molecule has 0 saturated heterocycles. The molecule has 86 valence electrons. The van der Waals surface area contributed by atoms with Gasteiger partial charge in [-0.2, -0.15) is 8.75 Å². The summed E-state index contributed by atoms with van der Waals surface area (Å²) in [4.78, 5) is 22.3. The van der Waals surface area contributed by atoms with Crippen LogP contribution in [0.15, 0.2) is 18.3 Å². The molecule has 0 aliphatic carbocycles. The Balaban J connectivity index is 2.61. The van der Waals surface area contributed by atoms with Gasteiger partial charge in [-0.1, -0.05) is 12.2 Å². The summed E-state index contributed by atoms with van der Waals surface area (Å²) in [6.07, 6.45) is 4.95. The molecule has 0 aliphatic rings. The van der Waals surface area contributed by atoms with E-state index < -0.39 is 17.9 Å². The van der Waals surface area contributed by atoms with Crippen molar-refractivity contribution in [2.75, 3.05) is 0 Å². The van der Waals surface area contributed by atoms with Crippen molar-refractivity contribution in [2.45, 2.75) is 19.4 Å². The summed E-state index contributed by atoms with van der Waals surface area (Å²) in [5.74, 6) is -1.60. The normalized spacial score (nSPS) is 12.6. The molecule has 1 rings (SSSR count). The van der Waals surface area contributed by atoms with Gasteiger partial charge in [0.25, 0.3) is 5.91 Å².